The smallest absolute Gasteiger partial charge is 0.224 e. The monoisotopic (exact) mass is 262 g/mol. The molecule has 1 amide bonds. The van der Waals surface area contributed by atoms with Crippen molar-refractivity contribution in [3.8, 4) is 0 Å². The zero-order valence-electron chi connectivity index (χ0n) is 11.1. The quantitative estimate of drug-likeness (QED) is 0.774. The molecule has 1 aromatic carbocycles. The minimum absolute atomic E-state index is 0.0520. The third kappa shape index (κ3) is 3.33. The molecule has 0 atom stereocenters. The van der Waals surface area contributed by atoms with Crippen LogP contribution in [0, 0.1) is 0 Å². The second-order valence-corrected chi connectivity index (χ2v) is 4.24. The third-order valence-corrected chi connectivity index (χ3v) is 3.02. The van der Waals surface area contributed by atoms with Crippen LogP contribution in [0.1, 0.15) is 5.56 Å². The molecule has 0 saturated carbocycles. The summed E-state index contributed by atoms with van der Waals surface area (Å²) in [5.41, 5.74) is 2.02. The Labute approximate surface area is 111 Å². The van der Waals surface area contributed by atoms with Gasteiger partial charge in [0.25, 0.3) is 0 Å². The lowest BCUT2D eigenvalue weighted by Crippen LogP contribution is -2.34. The van der Waals surface area contributed by atoms with Crippen molar-refractivity contribution in [2.75, 3.05) is 20.8 Å². The maximum Gasteiger partial charge on any atom is 0.224 e. The first-order chi connectivity index (χ1) is 9.24. The van der Waals surface area contributed by atoms with E-state index in [1.165, 1.54) is 0 Å². The molecule has 2 N–H and O–H groups in total. The number of benzene rings is 1. The van der Waals surface area contributed by atoms with Crippen LogP contribution in [0.2, 0.25) is 0 Å². The van der Waals surface area contributed by atoms with Gasteiger partial charge in [-0.05, 0) is 11.6 Å². The van der Waals surface area contributed by atoms with Crippen LogP contribution in [0.15, 0.2) is 30.5 Å². The molecule has 2 rings (SSSR count). The van der Waals surface area contributed by atoms with Gasteiger partial charge in [0, 0.05) is 31.3 Å². The van der Waals surface area contributed by atoms with Crippen LogP contribution in [0.3, 0.4) is 0 Å². The van der Waals surface area contributed by atoms with Crippen LogP contribution in [-0.4, -0.2) is 37.9 Å². The maximum atomic E-state index is 11.9. The summed E-state index contributed by atoms with van der Waals surface area (Å²) < 4.78 is 10.0. The van der Waals surface area contributed by atoms with Crippen LogP contribution in [0.25, 0.3) is 10.9 Å². The number of amides is 1. The van der Waals surface area contributed by atoms with Gasteiger partial charge < -0.3 is 19.8 Å². The number of nitrogens with one attached hydrogen (secondary N) is 2. The van der Waals surface area contributed by atoms with E-state index in [0.29, 0.717) is 13.0 Å². The van der Waals surface area contributed by atoms with Gasteiger partial charge in [-0.2, -0.15) is 0 Å². The Kier molecular flexibility index (Phi) is 4.54. The van der Waals surface area contributed by atoms with Crippen molar-refractivity contribution in [3.63, 3.8) is 0 Å². The van der Waals surface area contributed by atoms with Gasteiger partial charge >= 0.3 is 0 Å². The number of ether oxygens (including phenoxy) is 2. The highest BCUT2D eigenvalue weighted by Gasteiger charge is 2.10. The van der Waals surface area contributed by atoms with Gasteiger partial charge in [-0.25, -0.2) is 0 Å². The number of fused-ring (bicyclic) bond motifs is 1. The van der Waals surface area contributed by atoms with Gasteiger partial charge in [0.15, 0.2) is 6.29 Å². The van der Waals surface area contributed by atoms with E-state index in [0.717, 1.165) is 16.5 Å². The van der Waals surface area contributed by atoms with Crippen molar-refractivity contribution in [2.45, 2.75) is 12.7 Å². The van der Waals surface area contributed by atoms with Gasteiger partial charge in [-0.1, -0.05) is 18.2 Å². The molecule has 0 aliphatic rings. The van der Waals surface area contributed by atoms with Crippen LogP contribution < -0.4 is 5.32 Å². The van der Waals surface area contributed by atoms with Gasteiger partial charge in [-0.15, -0.1) is 0 Å². The van der Waals surface area contributed by atoms with Gasteiger partial charge in [-0.3, -0.25) is 4.79 Å². The number of H-pyrrole nitrogens is 1. The van der Waals surface area contributed by atoms with Crippen molar-refractivity contribution in [3.05, 3.63) is 36.0 Å². The molecule has 1 aromatic heterocycles. The van der Waals surface area contributed by atoms with Gasteiger partial charge in [0.1, 0.15) is 0 Å². The molecule has 0 unspecified atom stereocenters. The number of methoxy groups -OCH3 is 2. The molecule has 102 valence electrons. The second kappa shape index (κ2) is 6.36. The first kappa shape index (κ1) is 13.6. The van der Waals surface area contributed by atoms with Crippen molar-refractivity contribution < 1.29 is 14.3 Å². The number of hydrogen-bond donors (Lipinski definition) is 2. The first-order valence-corrected chi connectivity index (χ1v) is 6.12. The molecular weight excluding hydrogens is 244 g/mol. The maximum absolute atomic E-state index is 11.9. The highest BCUT2D eigenvalue weighted by atomic mass is 16.7. The largest absolute Gasteiger partial charge is 0.361 e. The fourth-order valence-corrected chi connectivity index (χ4v) is 1.97. The summed E-state index contributed by atoms with van der Waals surface area (Å²) in [7, 11) is 3.08. The average Bonchev–Trinajstić information content (AvgIpc) is 2.83. The highest BCUT2D eigenvalue weighted by Crippen LogP contribution is 2.17. The minimum Gasteiger partial charge on any atom is -0.361 e. The summed E-state index contributed by atoms with van der Waals surface area (Å²) in [6, 6.07) is 7.91. The summed E-state index contributed by atoms with van der Waals surface area (Å²) in [4.78, 5) is 15.0. The van der Waals surface area contributed by atoms with E-state index in [9.17, 15) is 4.79 Å². The van der Waals surface area contributed by atoms with Crippen molar-refractivity contribution in [1.29, 1.82) is 0 Å². The average molecular weight is 262 g/mol. The lowest BCUT2D eigenvalue weighted by atomic mass is 10.1. The molecule has 0 saturated heterocycles. The zero-order chi connectivity index (χ0) is 13.7. The molecule has 0 radical (unpaired) electrons. The van der Waals surface area contributed by atoms with Crippen LogP contribution >= 0.6 is 0 Å². The Bertz CT molecular complexity index is 546. The molecule has 19 heavy (non-hydrogen) atoms. The van der Waals surface area contributed by atoms with E-state index in [2.05, 4.69) is 10.3 Å². The van der Waals surface area contributed by atoms with E-state index in [-0.39, 0.29) is 5.91 Å². The lowest BCUT2D eigenvalue weighted by molar-refractivity contribution is -0.126. The fourth-order valence-electron chi connectivity index (χ4n) is 1.97. The normalized spacial score (nSPS) is 11.1. The van der Waals surface area contributed by atoms with Crippen molar-refractivity contribution in [1.82, 2.24) is 10.3 Å². The minimum atomic E-state index is -0.410. The Hall–Kier alpha value is -1.85. The number of rotatable bonds is 6. The highest BCUT2D eigenvalue weighted by molar-refractivity contribution is 5.88. The SMILES string of the molecule is COC(CNC(=O)Cc1c[nH]c2ccccc12)OC. The zero-order valence-corrected chi connectivity index (χ0v) is 11.1. The van der Waals surface area contributed by atoms with Crippen molar-refractivity contribution in [2.24, 2.45) is 0 Å². The Morgan fingerprint density at radius 3 is 2.79 bits per heavy atom. The molecule has 0 spiro atoms. The summed E-state index contributed by atoms with van der Waals surface area (Å²) in [6.07, 6.45) is 1.80. The molecule has 1 heterocycles. The lowest BCUT2D eigenvalue weighted by Gasteiger charge is -2.13. The Morgan fingerprint density at radius 2 is 2.05 bits per heavy atom. The second-order valence-electron chi connectivity index (χ2n) is 4.24. The standard InChI is InChI=1S/C14H18N2O3/c1-18-14(19-2)9-16-13(17)7-10-8-15-12-6-4-3-5-11(10)12/h3-6,8,14-15H,7,9H2,1-2H3,(H,16,17). The topological polar surface area (TPSA) is 63.3 Å². The number of aromatic nitrogens is 1. The van der Waals surface area contributed by atoms with Crippen LogP contribution in [0.4, 0.5) is 0 Å². The predicted molar refractivity (Wildman–Crippen MR) is 72.8 cm³/mol. The van der Waals surface area contributed by atoms with Gasteiger partial charge in [0.2, 0.25) is 5.91 Å². The summed E-state index contributed by atoms with van der Waals surface area (Å²) in [5.74, 6) is -0.0520. The Morgan fingerprint density at radius 1 is 1.32 bits per heavy atom. The van der Waals surface area contributed by atoms with Crippen LogP contribution in [0.5, 0.6) is 0 Å². The van der Waals surface area contributed by atoms with Crippen molar-refractivity contribution >= 4 is 16.8 Å². The number of carbonyl (C=O) groups is 1. The van der Waals surface area contributed by atoms with E-state index in [1.807, 2.05) is 30.5 Å². The fraction of sp³-hybridized carbons (Fsp3) is 0.357. The molecule has 0 aliphatic heterocycles. The van der Waals surface area contributed by atoms with Gasteiger partial charge in [0.05, 0.1) is 13.0 Å². The molecule has 5 heteroatoms. The summed E-state index contributed by atoms with van der Waals surface area (Å²) >= 11 is 0. The molecule has 0 bridgehead atoms. The van der Waals surface area contributed by atoms with E-state index in [4.69, 9.17) is 9.47 Å². The number of aromatic amines is 1. The molecule has 5 nitrogen and oxygen atoms in total. The molecule has 0 fully saturated rings. The molecule has 0 aliphatic carbocycles. The first-order valence-electron chi connectivity index (χ1n) is 6.12. The third-order valence-electron chi connectivity index (χ3n) is 3.02. The van der Waals surface area contributed by atoms with Crippen LogP contribution in [-0.2, 0) is 20.7 Å². The molecule has 2 aromatic rings. The Balaban J connectivity index is 1.95. The number of carbonyl (C=O) groups excluding carboxylic acids is 1. The predicted octanol–water partition coefficient (Wildman–Crippen LogP) is 1.45. The van der Waals surface area contributed by atoms with E-state index in [1.54, 1.807) is 14.2 Å². The number of hydrogen-bond acceptors (Lipinski definition) is 3. The van der Waals surface area contributed by atoms with E-state index >= 15 is 0 Å². The number of para-hydroxylation sites is 1. The summed E-state index contributed by atoms with van der Waals surface area (Å²) in [5, 5.41) is 3.86. The summed E-state index contributed by atoms with van der Waals surface area (Å²) in [6.45, 7) is 0.341. The van der Waals surface area contributed by atoms with E-state index < -0.39 is 6.29 Å². The molecular formula is C14H18N2O3.